The Morgan fingerprint density at radius 1 is 1.24 bits per heavy atom. The van der Waals surface area contributed by atoms with Gasteiger partial charge in [0, 0.05) is 38.6 Å². The molecule has 1 aromatic heterocycles. The van der Waals surface area contributed by atoms with Gasteiger partial charge in [-0.05, 0) is 17.7 Å². The molecule has 1 amide bonds. The normalized spacial score (nSPS) is 14.1. The predicted octanol–water partition coefficient (Wildman–Crippen LogP) is 1.25. The molecule has 0 N–H and O–H groups in total. The molecule has 0 aliphatic carbocycles. The van der Waals surface area contributed by atoms with Crippen molar-refractivity contribution in [1.29, 1.82) is 5.26 Å². The van der Waals surface area contributed by atoms with E-state index >= 15 is 0 Å². The summed E-state index contributed by atoms with van der Waals surface area (Å²) in [5, 5.41) is 9.14. The van der Waals surface area contributed by atoms with Crippen LogP contribution in [0.15, 0.2) is 36.7 Å². The molecule has 0 radical (unpaired) electrons. The summed E-state index contributed by atoms with van der Waals surface area (Å²) in [6.07, 6.45) is 3.44. The molecule has 7 nitrogen and oxygen atoms in total. The van der Waals surface area contributed by atoms with Crippen LogP contribution in [0.1, 0.15) is 11.3 Å². The molecule has 2 heterocycles. The molecule has 1 aliphatic heterocycles. The Morgan fingerprint density at radius 3 is 2.72 bits per heavy atom. The molecular weight excluding hydrogens is 318 g/mol. The van der Waals surface area contributed by atoms with Gasteiger partial charge in [-0.3, -0.25) is 4.79 Å². The first-order valence-electron chi connectivity index (χ1n) is 8.08. The van der Waals surface area contributed by atoms with Gasteiger partial charge in [0.1, 0.15) is 11.8 Å². The molecule has 1 fully saturated rings. The van der Waals surface area contributed by atoms with Crippen LogP contribution in [-0.4, -0.2) is 54.1 Å². The van der Waals surface area contributed by atoms with Crippen LogP contribution in [0.4, 0.5) is 5.82 Å². The van der Waals surface area contributed by atoms with Crippen molar-refractivity contribution >= 4 is 11.7 Å². The quantitative estimate of drug-likeness (QED) is 0.835. The maximum Gasteiger partial charge on any atom is 0.227 e. The third-order valence-electron chi connectivity index (χ3n) is 4.21. The third-order valence-corrected chi connectivity index (χ3v) is 4.21. The Morgan fingerprint density at radius 2 is 2.00 bits per heavy atom. The van der Waals surface area contributed by atoms with Crippen LogP contribution in [0, 0.1) is 11.3 Å². The van der Waals surface area contributed by atoms with Gasteiger partial charge in [-0.15, -0.1) is 0 Å². The number of hydrogen-bond donors (Lipinski definition) is 0. The number of benzene rings is 1. The fourth-order valence-electron chi connectivity index (χ4n) is 2.88. The highest BCUT2D eigenvalue weighted by Gasteiger charge is 2.23. The summed E-state index contributed by atoms with van der Waals surface area (Å²) in [6.45, 7) is 2.48. The highest BCUT2D eigenvalue weighted by atomic mass is 16.5. The van der Waals surface area contributed by atoms with Gasteiger partial charge in [0.25, 0.3) is 0 Å². The summed E-state index contributed by atoms with van der Waals surface area (Å²) < 4.78 is 5.20. The summed E-state index contributed by atoms with van der Waals surface area (Å²) in [5.41, 5.74) is 1.26. The summed E-state index contributed by atoms with van der Waals surface area (Å²) >= 11 is 0. The molecule has 2 aromatic rings. The van der Waals surface area contributed by atoms with E-state index in [-0.39, 0.29) is 5.91 Å². The number of nitriles is 1. The molecule has 0 bridgehead atoms. The molecular formula is C18H19N5O2. The van der Waals surface area contributed by atoms with Gasteiger partial charge in [0.05, 0.1) is 13.5 Å². The largest absolute Gasteiger partial charge is 0.497 e. The molecule has 7 heteroatoms. The van der Waals surface area contributed by atoms with Crippen LogP contribution in [0.5, 0.6) is 5.75 Å². The first-order chi connectivity index (χ1) is 12.2. The molecule has 0 spiro atoms. The summed E-state index contributed by atoms with van der Waals surface area (Å²) in [5.74, 6) is 1.43. The maximum absolute atomic E-state index is 12.5. The highest BCUT2D eigenvalue weighted by molar-refractivity contribution is 5.79. The SMILES string of the molecule is COc1cccc(CC(=O)N2CCN(c3nccnc3C#N)CC2)c1. The van der Waals surface area contributed by atoms with E-state index in [1.807, 2.05) is 34.1 Å². The molecule has 0 saturated carbocycles. The smallest absolute Gasteiger partial charge is 0.227 e. The number of hydrogen-bond acceptors (Lipinski definition) is 6. The molecule has 1 aliphatic rings. The monoisotopic (exact) mass is 337 g/mol. The van der Waals surface area contributed by atoms with Crippen LogP contribution in [0.2, 0.25) is 0 Å². The number of methoxy groups -OCH3 is 1. The minimum absolute atomic E-state index is 0.0903. The number of piperazine rings is 1. The van der Waals surface area contributed by atoms with Crippen LogP contribution in [0.25, 0.3) is 0 Å². The zero-order valence-corrected chi connectivity index (χ0v) is 14.1. The minimum atomic E-state index is 0.0903. The van der Waals surface area contributed by atoms with Gasteiger partial charge in [0.2, 0.25) is 5.91 Å². The van der Waals surface area contributed by atoms with Crippen molar-refractivity contribution in [3.63, 3.8) is 0 Å². The van der Waals surface area contributed by atoms with Crippen LogP contribution in [0.3, 0.4) is 0 Å². The van der Waals surface area contributed by atoms with Gasteiger partial charge in [-0.25, -0.2) is 9.97 Å². The fourth-order valence-corrected chi connectivity index (χ4v) is 2.88. The van der Waals surface area contributed by atoms with E-state index in [2.05, 4.69) is 16.0 Å². The van der Waals surface area contributed by atoms with Crippen molar-refractivity contribution in [2.75, 3.05) is 38.2 Å². The lowest BCUT2D eigenvalue weighted by Crippen LogP contribution is -2.49. The lowest BCUT2D eigenvalue weighted by Gasteiger charge is -2.35. The number of aromatic nitrogens is 2. The van der Waals surface area contributed by atoms with E-state index in [1.54, 1.807) is 13.3 Å². The molecule has 1 saturated heterocycles. The Labute approximate surface area is 146 Å². The topological polar surface area (TPSA) is 82.3 Å². The molecule has 0 atom stereocenters. The molecule has 1 aromatic carbocycles. The van der Waals surface area contributed by atoms with Gasteiger partial charge >= 0.3 is 0 Å². The zero-order valence-electron chi connectivity index (χ0n) is 14.1. The second-order valence-electron chi connectivity index (χ2n) is 5.74. The van der Waals surface area contributed by atoms with Crippen LogP contribution < -0.4 is 9.64 Å². The van der Waals surface area contributed by atoms with Crippen LogP contribution in [-0.2, 0) is 11.2 Å². The van der Waals surface area contributed by atoms with Crippen molar-refractivity contribution in [3.05, 3.63) is 47.9 Å². The molecule has 3 rings (SSSR count). The average Bonchev–Trinajstić information content (AvgIpc) is 2.68. The van der Waals surface area contributed by atoms with E-state index in [4.69, 9.17) is 10.00 Å². The maximum atomic E-state index is 12.5. The second-order valence-corrected chi connectivity index (χ2v) is 5.74. The number of anilines is 1. The van der Waals surface area contributed by atoms with E-state index in [9.17, 15) is 4.79 Å². The number of ether oxygens (including phenoxy) is 1. The number of carbonyl (C=O) groups excluding carboxylic acids is 1. The van der Waals surface area contributed by atoms with Crippen molar-refractivity contribution in [3.8, 4) is 11.8 Å². The highest BCUT2D eigenvalue weighted by Crippen LogP contribution is 2.18. The van der Waals surface area contributed by atoms with Gasteiger partial charge in [-0.1, -0.05) is 12.1 Å². The first kappa shape index (κ1) is 16.7. The lowest BCUT2D eigenvalue weighted by atomic mass is 10.1. The summed E-state index contributed by atoms with van der Waals surface area (Å²) in [4.78, 5) is 24.7. The fraction of sp³-hybridized carbons (Fsp3) is 0.333. The lowest BCUT2D eigenvalue weighted by molar-refractivity contribution is -0.130. The van der Waals surface area contributed by atoms with Gasteiger partial charge in [0.15, 0.2) is 11.5 Å². The molecule has 25 heavy (non-hydrogen) atoms. The summed E-state index contributed by atoms with van der Waals surface area (Å²) in [7, 11) is 1.61. The van der Waals surface area contributed by atoms with Gasteiger partial charge in [-0.2, -0.15) is 5.26 Å². The number of nitrogens with zero attached hydrogens (tertiary/aromatic N) is 5. The number of carbonyl (C=O) groups is 1. The molecule has 0 unspecified atom stereocenters. The van der Waals surface area contributed by atoms with E-state index in [1.165, 1.54) is 6.20 Å². The van der Waals surface area contributed by atoms with E-state index in [0.717, 1.165) is 11.3 Å². The predicted molar refractivity (Wildman–Crippen MR) is 92.2 cm³/mol. The zero-order chi connectivity index (χ0) is 17.6. The number of rotatable bonds is 4. The Hall–Kier alpha value is -3.14. The van der Waals surface area contributed by atoms with Crippen molar-refractivity contribution in [2.24, 2.45) is 0 Å². The second kappa shape index (κ2) is 7.62. The van der Waals surface area contributed by atoms with Crippen molar-refractivity contribution in [2.45, 2.75) is 6.42 Å². The first-order valence-corrected chi connectivity index (χ1v) is 8.08. The Balaban J connectivity index is 1.60. The standard InChI is InChI=1S/C18H19N5O2/c1-25-15-4-2-3-14(11-15)12-17(24)22-7-9-23(10-8-22)18-16(13-19)20-5-6-21-18/h2-6,11H,7-10,12H2,1H3. The minimum Gasteiger partial charge on any atom is -0.497 e. The Kier molecular flexibility index (Phi) is 5.09. The summed E-state index contributed by atoms with van der Waals surface area (Å²) in [6, 6.07) is 9.62. The Bertz CT molecular complexity index is 794. The molecule has 128 valence electrons. The van der Waals surface area contributed by atoms with E-state index < -0.39 is 0 Å². The van der Waals surface area contributed by atoms with Gasteiger partial charge < -0.3 is 14.5 Å². The third kappa shape index (κ3) is 3.86. The van der Waals surface area contributed by atoms with E-state index in [0.29, 0.717) is 44.1 Å². The number of amides is 1. The van der Waals surface area contributed by atoms with Crippen LogP contribution >= 0.6 is 0 Å². The van der Waals surface area contributed by atoms with Crippen molar-refractivity contribution in [1.82, 2.24) is 14.9 Å². The van der Waals surface area contributed by atoms with Crippen molar-refractivity contribution < 1.29 is 9.53 Å². The average molecular weight is 337 g/mol.